The zero-order chi connectivity index (χ0) is 11.4. The topological polar surface area (TPSA) is 52.6 Å². The summed E-state index contributed by atoms with van der Waals surface area (Å²) in [6.07, 6.45) is 0. The Hall–Kier alpha value is 0.246. The number of carboxylic acids is 1. The van der Waals surface area contributed by atoms with Crippen LogP contribution in [0.1, 0.15) is 15.9 Å². The Kier molecular flexibility index (Phi) is 6.87. The van der Waals surface area contributed by atoms with E-state index in [1.807, 2.05) is 6.07 Å². The van der Waals surface area contributed by atoms with Gasteiger partial charge in [-0.3, -0.25) is 4.90 Å². The number of hydrogen-bond acceptors (Lipinski definition) is 4. The fourth-order valence-corrected chi connectivity index (χ4v) is 1.81. The largest absolute Gasteiger partial charge is 1.00 e. The van der Waals surface area contributed by atoms with Crippen molar-refractivity contribution in [3.8, 4) is 0 Å². The monoisotopic (exact) mass is 259 g/mol. The van der Waals surface area contributed by atoms with Crippen LogP contribution in [0, 0.1) is 0 Å². The summed E-state index contributed by atoms with van der Waals surface area (Å²) >= 11 is 0. The number of morpholine rings is 1. The smallest absolute Gasteiger partial charge is 0.545 e. The fraction of sp³-hybridized carbons (Fsp3) is 0.417. The van der Waals surface area contributed by atoms with Gasteiger partial charge in [-0.2, -0.15) is 0 Å². The molecule has 1 fully saturated rings. The van der Waals surface area contributed by atoms with Crippen LogP contribution in [-0.2, 0) is 11.3 Å². The maximum absolute atomic E-state index is 10.7. The van der Waals surface area contributed by atoms with Crippen LogP contribution in [0.3, 0.4) is 0 Å². The normalized spacial score (nSPS) is 16.2. The second-order valence-corrected chi connectivity index (χ2v) is 3.88. The predicted octanol–water partition coefficient (Wildman–Crippen LogP) is -3.11. The molecule has 1 heterocycles. The molecule has 0 aliphatic carbocycles. The zero-order valence-corrected chi connectivity index (χ0v) is 13.1. The van der Waals surface area contributed by atoms with E-state index in [4.69, 9.17) is 4.74 Å². The molecule has 1 aliphatic heterocycles. The number of carbonyl (C=O) groups excluding carboxylic acids is 1. The molecule has 1 aromatic rings. The summed E-state index contributed by atoms with van der Waals surface area (Å²) in [5.41, 5.74) is 1.24. The van der Waals surface area contributed by atoms with E-state index in [-0.39, 0.29) is 56.9 Å². The Balaban J connectivity index is 0.00000144. The van der Waals surface area contributed by atoms with Crippen LogP contribution in [0.25, 0.3) is 0 Å². The van der Waals surface area contributed by atoms with Gasteiger partial charge >= 0.3 is 51.4 Å². The standard InChI is InChI=1S/C12H15NO3.K/c14-12(15)11-3-1-2-10(8-11)9-13-4-6-16-7-5-13;/h1-3,8H,4-7,9H2,(H,14,15);/q;+1/p-1. The summed E-state index contributed by atoms with van der Waals surface area (Å²) < 4.78 is 5.25. The molecule has 0 atom stereocenters. The molecular weight excluding hydrogens is 245 g/mol. The minimum absolute atomic E-state index is 0. The summed E-state index contributed by atoms with van der Waals surface area (Å²) in [5.74, 6) is -1.12. The number of hydrogen-bond donors (Lipinski definition) is 0. The number of carboxylic acid groups (broad SMARTS) is 1. The maximum atomic E-state index is 10.7. The number of benzene rings is 1. The first-order valence-electron chi connectivity index (χ1n) is 5.36. The third kappa shape index (κ3) is 4.79. The van der Waals surface area contributed by atoms with Crippen LogP contribution in [0.5, 0.6) is 0 Å². The summed E-state index contributed by atoms with van der Waals surface area (Å²) in [6, 6.07) is 6.91. The number of rotatable bonds is 3. The summed E-state index contributed by atoms with van der Waals surface area (Å²) in [6.45, 7) is 4.07. The van der Waals surface area contributed by atoms with Crippen LogP contribution in [0.15, 0.2) is 24.3 Å². The van der Waals surface area contributed by atoms with Gasteiger partial charge in [0, 0.05) is 19.6 Å². The minimum Gasteiger partial charge on any atom is -0.545 e. The second kappa shape index (κ2) is 7.63. The predicted molar refractivity (Wildman–Crippen MR) is 56.9 cm³/mol. The van der Waals surface area contributed by atoms with Crippen LogP contribution in [0.4, 0.5) is 0 Å². The average molecular weight is 259 g/mol. The van der Waals surface area contributed by atoms with Crippen LogP contribution in [-0.4, -0.2) is 37.2 Å². The van der Waals surface area contributed by atoms with Gasteiger partial charge in [0.05, 0.1) is 19.2 Å². The van der Waals surface area contributed by atoms with E-state index in [0.29, 0.717) is 0 Å². The van der Waals surface area contributed by atoms with Crippen molar-refractivity contribution in [2.75, 3.05) is 26.3 Å². The SMILES string of the molecule is O=C([O-])c1cccc(CN2CCOCC2)c1.[K+]. The van der Waals surface area contributed by atoms with Crippen molar-refractivity contribution in [2.24, 2.45) is 0 Å². The van der Waals surface area contributed by atoms with Crippen LogP contribution >= 0.6 is 0 Å². The van der Waals surface area contributed by atoms with E-state index in [9.17, 15) is 9.90 Å². The van der Waals surface area contributed by atoms with E-state index in [2.05, 4.69) is 4.90 Å². The van der Waals surface area contributed by atoms with Gasteiger partial charge in [-0.05, 0) is 17.2 Å². The van der Waals surface area contributed by atoms with Gasteiger partial charge in [-0.25, -0.2) is 0 Å². The van der Waals surface area contributed by atoms with Crippen LogP contribution < -0.4 is 56.5 Å². The Morgan fingerprint density at radius 3 is 2.71 bits per heavy atom. The average Bonchev–Trinajstić information content (AvgIpc) is 2.30. The van der Waals surface area contributed by atoms with Gasteiger partial charge in [-0.15, -0.1) is 0 Å². The van der Waals surface area contributed by atoms with Gasteiger partial charge in [0.25, 0.3) is 0 Å². The summed E-state index contributed by atoms with van der Waals surface area (Å²) in [5, 5.41) is 10.7. The van der Waals surface area contributed by atoms with E-state index >= 15 is 0 Å². The minimum atomic E-state index is -1.12. The Bertz CT molecular complexity index is 378. The first kappa shape index (κ1) is 15.3. The molecule has 1 saturated heterocycles. The van der Waals surface area contributed by atoms with Gasteiger partial charge < -0.3 is 14.6 Å². The quantitative estimate of drug-likeness (QED) is 0.539. The van der Waals surface area contributed by atoms with Gasteiger partial charge in [0.2, 0.25) is 0 Å². The molecule has 0 N–H and O–H groups in total. The first-order chi connectivity index (χ1) is 7.75. The molecule has 1 aliphatic rings. The molecule has 2 rings (SSSR count). The van der Waals surface area contributed by atoms with E-state index < -0.39 is 5.97 Å². The van der Waals surface area contributed by atoms with E-state index in [1.54, 1.807) is 18.2 Å². The molecule has 17 heavy (non-hydrogen) atoms. The molecular formula is C12H14KNO3. The van der Waals surface area contributed by atoms with Crippen molar-refractivity contribution < 1.29 is 66.0 Å². The summed E-state index contributed by atoms with van der Waals surface area (Å²) in [7, 11) is 0. The molecule has 0 bridgehead atoms. The molecule has 0 aromatic heterocycles. The molecule has 1 aromatic carbocycles. The molecule has 0 amide bonds. The third-order valence-electron chi connectivity index (χ3n) is 2.67. The van der Waals surface area contributed by atoms with Gasteiger partial charge in [0.15, 0.2) is 0 Å². The Labute approximate surface area is 143 Å². The van der Waals surface area contributed by atoms with Crippen LogP contribution in [0.2, 0.25) is 0 Å². The molecule has 4 nitrogen and oxygen atoms in total. The third-order valence-corrected chi connectivity index (χ3v) is 2.67. The van der Waals surface area contributed by atoms with Crippen molar-refractivity contribution in [3.05, 3.63) is 35.4 Å². The van der Waals surface area contributed by atoms with Gasteiger partial charge in [0.1, 0.15) is 0 Å². The molecule has 0 spiro atoms. The van der Waals surface area contributed by atoms with Crippen molar-refractivity contribution in [1.82, 2.24) is 4.90 Å². The van der Waals surface area contributed by atoms with Gasteiger partial charge in [-0.1, -0.05) is 18.2 Å². The van der Waals surface area contributed by atoms with Crippen molar-refractivity contribution >= 4 is 5.97 Å². The number of carbonyl (C=O) groups is 1. The Morgan fingerprint density at radius 1 is 1.35 bits per heavy atom. The van der Waals surface area contributed by atoms with Crippen molar-refractivity contribution in [1.29, 1.82) is 0 Å². The number of aromatic carboxylic acids is 1. The number of nitrogens with zero attached hydrogens (tertiary/aromatic N) is 1. The molecule has 5 heteroatoms. The van der Waals surface area contributed by atoms with Crippen molar-refractivity contribution in [2.45, 2.75) is 6.54 Å². The van der Waals surface area contributed by atoms with E-state index in [0.717, 1.165) is 38.4 Å². The number of ether oxygens (including phenoxy) is 1. The zero-order valence-electron chi connectivity index (χ0n) is 10.0. The maximum Gasteiger partial charge on any atom is 1.00 e. The first-order valence-corrected chi connectivity index (χ1v) is 5.36. The fourth-order valence-electron chi connectivity index (χ4n) is 1.81. The second-order valence-electron chi connectivity index (χ2n) is 3.88. The molecule has 0 unspecified atom stereocenters. The van der Waals surface area contributed by atoms with E-state index in [1.165, 1.54) is 0 Å². The molecule has 86 valence electrons. The summed E-state index contributed by atoms with van der Waals surface area (Å²) in [4.78, 5) is 12.9. The molecule has 0 saturated carbocycles. The molecule has 0 radical (unpaired) electrons. The Morgan fingerprint density at radius 2 is 2.06 bits per heavy atom. The van der Waals surface area contributed by atoms with Crippen molar-refractivity contribution in [3.63, 3.8) is 0 Å².